The Morgan fingerprint density at radius 2 is 1.05 bits per heavy atom. The summed E-state index contributed by atoms with van der Waals surface area (Å²) < 4.78 is 5.59. The molecule has 0 N–H and O–H groups in total. The van der Waals surface area contributed by atoms with Gasteiger partial charge in [0.25, 0.3) is 0 Å². The Bertz CT molecular complexity index is 134. The molecule has 0 spiro atoms. The van der Waals surface area contributed by atoms with Gasteiger partial charge in [-0.2, -0.15) is 0 Å². The fourth-order valence-corrected chi connectivity index (χ4v) is 3.05. The number of hydrogen-bond acceptors (Lipinski definition) is 1. The van der Waals surface area contributed by atoms with Gasteiger partial charge in [0.1, 0.15) is 0 Å². The van der Waals surface area contributed by atoms with Crippen LogP contribution in [0.15, 0.2) is 0 Å². The Morgan fingerprint density at radius 1 is 0.579 bits per heavy atom. The summed E-state index contributed by atoms with van der Waals surface area (Å²) in [5.74, 6) is 0. The molecule has 0 aliphatic carbocycles. The fraction of sp³-hybridized carbons (Fsp3) is 1.00. The molecule has 0 fully saturated rings. The minimum Gasteiger partial charge on any atom is -0.417 e. The highest BCUT2D eigenvalue weighted by Gasteiger charge is 1.95. The topological polar surface area (TPSA) is 9.23 Å². The van der Waals surface area contributed by atoms with Gasteiger partial charge in [-0.25, -0.2) is 0 Å². The number of rotatable bonds is 16. The van der Waals surface area contributed by atoms with Crippen molar-refractivity contribution in [3.05, 3.63) is 0 Å². The molecule has 0 saturated carbocycles. The molecule has 0 aromatic heterocycles. The second-order valence-electron chi connectivity index (χ2n) is 5.63. The molecule has 0 unspecified atom stereocenters. The largest absolute Gasteiger partial charge is 0.417 e. The van der Waals surface area contributed by atoms with E-state index in [0.29, 0.717) is 0 Å². The van der Waals surface area contributed by atoms with Crippen LogP contribution >= 0.6 is 0 Å². The van der Waals surface area contributed by atoms with Gasteiger partial charge in [0.05, 0.1) is 0 Å². The van der Waals surface area contributed by atoms with Crippen LogP contribution in [-0.4, -0.2) is 16.4 Å². The van der Waals surface area contributed by atoms with E-state index in [4.69, 9.17) is 4.43 Å². The maximum Gasteiger partial charge on any atom is 0.229 e. The van der Waals surface area contributed by atoms with Gasteiger partial charge < -0.3 is 4.43 Å². The molecule has 0 atom stereocenters. The van der Waals surface area contributed by atoms with Gasteiger partial charge in [-0.3, -0.25) is 0 Å². The molecule has 0 aromatic carbocycles. The predicted molar refractivity (Wildman–Crippen MR) is 87.9 cm³/mol. The van der Waals surface area contributed by atoms with Crippen molar-refractivity contribution < 1.29 is 4.43 Å². The molecule has 0 aliphatic rings. The molecule has 2 heteroatoms. The molecule has 0 saturated heterocycles. The summed E-state index contributed by atoms with van der Waals surface area (Å²) in [5.41, 5.74) is 0. The van der Waals surface area contributed by atoms with Gasteiger partial charge in [0.15, 0.2) is 0 Å². The van der Waals surface area contributed by atoms with E-state index in [1.165, 1.54) is 89.5 Å². The Labute approximate surface area is 124 Å². The first-order valence-corrected chi connectivity index (χ1v) is 9.88. The van der Waals surface area contributed by atoms with Crippen LogP contribution in [0, 0.1) is 0 Å². The van der Waals surface area contributed by atoms with Crippen molar-refractivity contribution in [2.45, 2.75) is 103 Å². The van der Waals surface area contributed by atoms with Gasteiger partial charge in [0.2, 0.25) is 9.76 Å². The monoisotopic (exact) mass is 284 g/mol. The molecule has 0 aromatic rings. The van der Waals surface area contributed by atoms with E-state index in [1.54, 1.807) is 0 Å². The Kier molecular flexibility index (Phi) is 18.3. The van der Waals surface area contributed by atoms with Crippen molar-refractivity contribution >= 4 is 9.76 Å². The maximum absolute atomic E-state index is 5.59. The Balaban J connectivity index is 2.88. The highest BCUT2D eigenvalue weighted by molar-refractivity contribution is 6.26. The molecule has 2 radical (unpaired) electrons. The van der Waals surface area contributed by atoms with E-state index in [1.807, 2.05) is 0 Å². The third-order valence-corrected chi connectivity index (χ3v) is 4.55. The summed E-state index contributed by atoms with van der Waals surface area (Å²) >= 11 is 0. The zero-order chi connectivity index (χ0) is 14.0. The van der Waals surface area contributed by atoms with E-state index < -0.39 is 0 Å². The van der Waals surface area contributed by atoms with Gasteiger partial charge in [-0.15, -0.1) is 0 Å². The minimum atomic E-state index is 0.754. The van der Waals surface area contributed by atoms with Gasteiger partial charge in [-0.05, 0) is 12.5 Å². The van der Waals surface area contributed by atoms with Gasteiger partial charge >= 0.3 is 0 Å². The predicted octanol–water partition coefficient (Wildman–Crippen LogP) is 6.15. The zero-order valence-electron chi connectivity index (χ0n) is 13.5. The van der Waals surface area contributed by atoms with Crippen LogP contribution < -0.4 is 0 Å². The average Bonchev–Trinajstić information content (AvgIpc) is 2.43. The van der Waals surface area contributed by atoms with Crippen molar-refractivity contribution in [1.29, 1.82) is 0 Å². The number of hydrogen-bond donors (Lipinski definition) is 0. The Morgan fingerprint density at radius 3 is 1.58 bits per heavy atom. The molecule has 0 rings (SSSR count). The second kappa shape index (κ2) is 18.2. The van der Waals surface area contributed by atoms with Crippen molar-refractivity contribution in [1.82, 2.24) is 0 Å². The average molecular weight is 285 g/mol. The van der Waals surface area contributed by atoms with E-state index in [-0.39, 0.29) is 0 Å². The van der Waals surface area contributed by atoms with Crippen molar-refractivity contribution in [3.63, 3.8) is 0 Å². The van der Waals surface area contributed by atoms with Crippen LogP contribution in [0.1, 0.15) is 97.3 Å². The summed E-state index contributed by atoms with van der Waals surface area (Å²) in [4.78, 5) is 0. The lowest BCUT2D eigenvalue weighted by molar-refractivity contribution is 0.325. The summed E-state index contributed by atoms with van der Waals surface area (Å²) in [6.45, 7) is 5.48. The van der Waals surface area contributed by atoms with Crippen LogP contribution in [-0.2, 0) is 4.43 Å². The van der Waals surface area contributed by atoms with Crippen LogP contribution in [0.4, 0.5) is 0 Å². The molecule has 0 bridgehead atoms. The first-order chi connectivity index (χ1) is 9.41. The normalized spacial score (nSPS) is 11.1. The summed E-state index contributed by atoms with van der Waals surface area (Å²) in [5, 5.41) is 0. The third kappa shape index (κ3) is 18.2. The van der Waals surface area contributed by atoms with Gasteiger partial charge in [0, 0.05) is 6.61 Å². The molecule has 19 heavy (non-hydrogen) atoms. The van der Waals surface area contributed by atoms with E-state index >= 15 is 0 Å². The van der Waals surface area contributed by atoms with Crippen molar-refractivity contribution in [3.8, 4) is 0 Å². The minimum absolute atomic E-state index is 0.754. The van der Waals surface area contributed by atoms with Crippen LogP contribution in [0.25, 0.3) is 0 Å². The third-order valence-electron chi connectivity index (χ3n) is 3.58. The lowest BCUT2D eigenvalue weighted by Gasteiger charge is -2.03. The number of unbranched alkanes of at least 4 members (excludes halogenated alkanes) is 11. The zero-order valence-corrected chi connectivity index (χ0v) is 14.5. The molecular formula is C17H36OSi. The molecule has 0 aliphatic heterocycles. The quantitative estimate of drug-likeness (QED) is 0.244. The molecule has 114 valence electrons. The second-order valence-corrected chi connectivity index (χ2v) is 6.71. The first-order valence-electron chi connectivity index (χ1n) is 8.76. The van der Waals surface area contributed by atoms with Crippen LogP contribution in [0.5, 0.6) is 0 Å². The van der Waals surface area contributed by atoms with Gasteiger partial charge in [-0.1, -0.05) is 90.9 Å². The molecular weight excluding hydrogens is 248 g/mol. The first kappa shape index (κ1) is 19.2. The Hall–Kier alpha value is 0.177. The smallest absolute Gasteiger partial charge is 0.229 e. The van der Waals surface area contributed by atoms with Crippen LogP contribution in [0.3, 0.4) is 0 Å². The lowest BCUT2D eigenvalue weighted by atomic mass is 10.1. The van der Waals surface area contributed by atoms with E-state index in [0.717, 1.165) is 16.4 Å². The maximum atomic E-state index is 5.59. The molecule has 1 nitrogen and oxygen atoms in total. The SMILES string of the molecule is CCCCCCCCCCCCC[Si]OCCCC. The molecule has 0 heterocycles. The standard InChI is InChI=1S/C17H36OSi/c1-3-5-7-8-9-10-11-12-13-14-15-17-19-18-16-6-4-2/h3-17H2,1-2H3. The molecule has 0 amide bonds. The fourth-order valence-electron chi connectivity index (χ4n) is 2.22. The van der Waals surface area contributed by atoms with Crippen molar-refractivity contribution in [2.75, 3.05) is 6.61 Å². The summed E-state index contributed by atoms with van der Waals surface area (Å²) in [7, 11) is 0.754. The van der Waals surface area contributed by atoms with E-state index in [2.05, 4.69) is 13.8 Å². The lowest BCUT2D eigenvalue weighted by Crippen LogP contribution is -1.99. The van der Waals surface area contributed by atoms with E-state index in [9.17, 15) is 0 Å². The highest BCUT2D eigenvalue weighted by Crippen LogP contribution is 2.11. The highest BCUT2D eigenvalue weighted by atomic mass is 28.2. The summed E-state index contributed by atoms with van der Waals surface area (Å²) in [6, 6.07) is 1.29. The van der Waals surface area contributed by atoms with Crippen molar-refractivity contribution in [2.24, 2.45) is 0 Å². The van der Waals surface area contributed by atoms with Crippen LogP contribution in [0.2, 0.25) is 6.04 Å². The summed E-state index contributed by atoms with van der Waals surface area (Å²) in [6.07, 6.45) is 18.3.